The number of fused-ring (bicyclic) bond motifs is 1. The second kappa shape index (κ2) is 6.02. The Morgan fingerprint density at radius 3 is 2.44 bits per heavy atom. The van der Waals surface area contributed by atoms with Crippen molar-refractivity contribution in [3.63, 3.8) is 0 Å². The summed E-state index contributed by atoms with van der Waals surface area (Å²) >= 11 is 12.6. The van der Waals surface area contributed by atoms with Gasteiger partial charge in [-0.05, 0) is 31.2 Å². The van der Waals surface area contributed by atoms with Crippen molar-refractivity contribution in [1.82, 2.24) is 10.1 Å². The third-order valence-corrected chi connectivity index (χ3v) is 4.44. The third kappa shape index (κ3) is 2.62. The van der Waals surface area contributed by atoms with Crippen molar-refractivity contribution in [2.75, 3.05) is 0 Å². The largest absolute Gasteiger partial charge is 0.403 e. The molecule has 0 amide bonds. The van der Waals surface area contributed by atoms with Crippen LogP contribution in [0.1, 0.15) is 5.76 Å². The highest BCUT2D eigenvalue weighted by Crippen LogP contribution is 2.40. The highest BCUT2D eigenvalue weighted by atomic mass is 35.5. The molecule has 2 aromatic carbocycles. The lowest BCUT2D eigenvalue weighted by Gasteiger charge is -2.06. The van der Waals surface area contributed by atoms with E-state index in [-0.39, 0.29) is 5.89 Å². The van der Waals surface area contributed by atoms with Gasteiger partial charge in [0.15, 0.2) is 0 Å². The average molecular weight is 373 g/mol. The first-order chi connectivity index (χ1) is 12.1. The molecule has 124 valence electrons. The number of benzene rings is 2. The Balaban J connectivity index is 2.02. The van der Waals surface area contributed by atoms with Crippen molar-refractivity contribution in [3.05, 3.63) is 68.7 Å². The summed E-state index contributed by atoms with van der Waals surface area (Å²) in [5.74, 6) is 0.547. The zero-order valence-corrected chi connectivity index (χ0v) is 14.4. The number of para-hydroxylation sites is 1. The molecule has 0 radical (unpaired) electrons. The van der Waals surface area contributed by atoms with Crippen LogP contribution < -0.4 is 5.63 Å². The van der Waals surface area contributed by atoms with Crippen molar-refractivity contribution in [1.29, 1.82) is 0 Å². The first kappa shape index (κ1) is 15.9. The number of hydrogen-bond acceptors (Lipinski definition) is 5. The van der Waals surface area contributed by atoms with E-state index in [1.54, 1.807) is 49.4 Å². The first-order valence-corrected chi connectivity index (χ1v) is 8.13. The Kier molecular flexibility index (Phi) is 3.82. The van der Waals surface area contributed by atoms with Crippen molar-refractivity contribution in [2.24, 2.45) is 0 Å². The van der Waals surface area contributed by atoms with Gasteiger partial charge in [0, 0.05) is 5.56 Å². The number of aromatic nitrogens is 2. The quantitative estimate of drug-likeness (QED) is 0.488. The predicted octanol–water partition coefficient (Wildman–Crippen LogP) is 5.13. The lowest BCUT2D eigenvalue weighted by Crippen LogP contribution is -2.03. The van der Waals surface area contributed by atoms with E-state index in [4.69, 9.17) is 32.1 Å². The summed E-state index contributed by atoms with van der Waals surface area (Å²) in [6, 6.07) is 12.1. The molecule has 0 spiro atoms. The number of aryl methyl sites for hydroxylation is 1. The maximum atomic E-state index is 12.3. The van der Waals surface area contributed by atoms with Gasteiger partial charge in [-0.2, -0.15) is 0 Å². The molecular weight excluding hydrogens is 363 g/mol. The molecule has 25 heavy (non-hydrogen) atoms. The second-order valence-corrected chi connectivity index (χ2v) is 6.20. The molecule has 0 aliphatic carbocycles. The molecule has 0 saturated carbocycles. The molecule has 0 unspecified atom stereocenters. The lowest BCUT2D eigenvalue weighted by molar-refractivity contribution is 0.399. The van der Waals surface area contributed by atoms with Gasteiger partial charge in [-0.25, -0.2) is 9.78 Å². The molecule has 2 heterocycles. The topological polar surface area (TPSA) is 69.1 Å². The van der Waals surface area contributed by atoms with E-state index < -0.39 is 5.63 Å². The minimum Gasteiger partial charge on any atom is -0.403 e. The fourth-order valence-electron chi connectivity index (χ4n) is 2.64. The number of hydrogen-bond donors (Lipinski definition) is 0. The van der Waals surface area contributed by atoms with Gasteiger partial charge in [0.05, 0.1) is 20.9 Å². The van der Waals surface area contributed by atoms with Gasteiger partial charge in [-0.15, -0.1) is 0 Å². The van der Waals surface area contributed by atoms with Crippen LogP contribution in [0, 0.1) is 6.92 Å². The zero-order valence-electron chi connectivity index (χ0n) is 12.9. The third-order valence-electron chi connectivity index (χ3n) is 3.81. The van der Waals surface area contributed by atoms with Crippen LogP contribution in [0.2, 0.25) is 10.0 Å². The predicted molar refractivity (Wildman–Crippen MR) is 96.0 cm³/mol. The number of halogens is 2. The molecule has 7 heteroatoms. The Morgan fingerprint density at radius 2 is 1.68 bits per heavy atom. The molecule has 0 saturated heterocycles. The first-order valence-electron chi connectivity index (χ1n) is 7.37. The normalized spacial score (nSPS) is 11.2. The highest BCUT2D eigenvalue weighted by Gasteiger charge is 2.24. The van der Waals surface area contributed by atoms with Crippen molar-refractivity contribution >= 4 is 34.1 Å². The molecule has 0 N–H and O–H groups in total. The molecule has 4 rings (SSSR count). The Bertz CT molecular complexity index is 1140. The molecular formula is C18H10Cl2N2O3. The van der Waals surface area contributed by atoms with Gasteiger partial charge < -0.3 is 8.94 Å². The average Bonchev–Trinajstić information content (AvgIpc) is 2.96. The summed E-state index contributed by atoms with van der Waals surface area (Å²) in [6.45, 7) is 1.70. The molecule has 0 aliphatic rings. The number of nitrogens with zero attached hydrogens (tertiary/aromatic N) is 2. The van der Waals surface area contributed by atoms with Crippen LogP contribution in [-0.4, -0.2) is 10.1 Å². The fourth-order valence-corrected chi connectivity index (χ4v) is 3.22. The monoisotopic (exact) mass is 372 g/mol. The van der Waals surface area contributed by atoms with Gasteiger partial charge in [0.25, 0.3) is 0 Å². The molecule has 4 aromatic rings. The Labute approximate surface area is 151 Å². The maximum Gasteiger partial charge on any atom is 0.347 e. The number of rotatable bonds is 2. The maximum absolute atomic E-state index is 12.3. The van der Waals surface area contributed by atoms with Crippen LogP contribution in [0.4, 0.5) is 0 Å². The molecule has 0 atom stereocenters. The fraction of sp³-hybridized carbons (Fsp3) is 0.0556. The Hall–Kier alpha value is -2.63. The second-order valence-electron chi connectivity index (χ2n) is 5.38. The summed E-state index contributed by atoms with van der Waals surface area (Å²) in [5, 5.41) is 5.26. The molecule has 0 aliphatic heterocycles. The minimum absolute atomic E-state index is 0.105. The van der Waals surface area contributed by atoms with E-state index in [2.05, 4.69) is 10.1 Å². The molecule has 5 nitrogen and oxygen atoms in total. The SMILES string of the molecule is Cc1onc(-c2c(Cl)cccc2Cl)c1-c1nc2ccccc2c(=O)o1. The summed E-state index contributed by atoms with van der Waals surface area (Å²) < 4.78 is 10.7. The van der Waals surface area contributed by atoms with E-state index in [9.17, 15) is 4.79 Å². The molecule has 2 aromatic heterocycles. The van der Waals surface area contributed by atoms with Gasteiger partial charge in [-0.1, -0.05) is 46.6 Å². The van der Waals surface area contributed by atoms with E-state index in [0.29, 0.717) is 43.5 Å². The van der Waals surface area contributed by atoms with E-state index in [1.165, 1.54) is 0 Å². The molecule has 0 fully saturated rings. The van der Waals surface area contributed by atoms with Crippen LogP contribution in [0.5, 0.6) is 0 Å². The Morgan fingerprint density at radius 1 is 0.960 bits per heavy atom. The highest BCUT2D eigenvalue weighted by molar-refractivity contribution is 6.39. The van der Waals surface area contributed by atoms with Crippen molar-refractivity contribution in [3.8, 4) is 22.7 Å². The zero-order chi connectivity index (χ0) is 17.6. The van der Waals surface area contributed by atoms with Gasteiger partial charge in [0.1, 0.15) is 17.0 Å². The van der Waals surface area contributed by atoms with Crippen LogP contribution in [0.25, 0.3) is 33.6 Å². The van der Waals surface area contributed by atoms with Crippen molar-refractivity contribution in [2.45, 2.75) is 6.92 Å². The minimum atomic E-state index is -0.489. The van der Waals surface area contributed by atoms with Gasteiger partial charge in [0.2, 0.25) is 5.89 Å². The van der Waals surface area contributed by atoms with Gasteiger partial charge in [-0.3, -0.25) is 0 Å². The van der Waals surface area contributed by atoms with Crippen LogP contribution >= 0.6 is 23.2 Å². The summed E-state index contributed by atoms with van der Waals surface area (Å²) in [7, 11) is 0. The summed E-state index contributed by atoms with van der Waals surface area (Å²) in [4.78, 5) is 16.7. The summed E-state index contributed by atoms with van der Waals surface area (Å²) in [6.07, 6.45) is 0. The van der Waals surface area contributed by atoms with Crippen LogP contribution in [-0.2, 0) is 0 Å². The standard InChI is InChI=1S/C18H10Cl2N2O3/c1-9-14(16(22-25-9)15-11(19)6-4-7-12(15)20)17-21-13-8-3-2-5-10(13)18(23)24-17/h2-8H,1H3. The lowest BCUT2D eigenvalue weighted by atomic mass is 10.1. The van der Waals surface area contributed by atoms with E-state index in [1.807, 2.05) is 0 Å². The summed E-state index contributed by atoms with van der Waals surface area (Å²) in [5.41, 5.74) is 1.34. The van der Waals surface area contributed by atoms with Crippen molar-refractivity contribution < 1.29 is 8.94 Å². The smallest absolute Gasteiger partial charge is 0.347 e. The van der Waals surface area contributed by atoms with Crippen LogP contribution in [0.3, 0.4) is 0 Å². The van der Waals surface area contributed by atoms with E-state index >= 15 is 0 Å². The van der Waals surface area contributed by atoms with E-state index in [0.717, 1.165) is 0 Å². The molecule has 0 bridgehead atoms. The van der Waals surface area contributed by atoms with Crippen LogP contribution in [0.15, 0.2) is 56.2 Å². The van der Waals surface area contributed by atoms with Gasteiger partial charge >= 0.3 is 5.63 Å².